The lowest BCUT2D eigenvalue weighted by Gasteiger charge is -2.14. The van der Waals surface area contributed by atoms with Gasteiger partial charge < -0.3 is 0 Å². The van der Waals surface area contributed by atoms with Crippen molar-refractivity contribution in [2.75, 3.05) is 0 Å². The van der Waals surface area contributed by atoms with Crippen LogP contribution in [-0.4, -0.2) is 0 Å². The van der Waals surface area contributed by atoms with Gasteiger partial charge in [-0.1, -0.05) is 91.0 Å². The molecule has 0 bridgehead atoms. The Bertz CT molecular complexity index is 1550. The fourth-order valence-electron chi connectivity index (χ4n) is 4.57. The van der Waals surface area contributed by atoms with Crippen molar-refractivity contribution >= 4 is 32.3 Å². The number of hydrogen-bond acceptors (Lipinski definition) is 1. The summed E-state index contributed by atoms with van der Waals surface area (Å²) < 4.78 is 0. The van der Waals surface area contributed by atoms with Crippen molar-refractivity contribution in [1.29, 1.82) is 5.26 Å². The standard InChI is InChI=1S/C29H17N/c30-18-19-4-6-20(7-5-19)21-8-10-22(11-9-21)26-16-14-25-13-12-23-2-1-3-24-15-17-27(26)29(25)28(23)24/h1-17H. The highest BCUT2D eigenvalue weighted by molar-refractivity contribution is 6.25. The van der Waals surface area contributed by atoms with Crippen molar-refractivity contribution in [3.05, 3.63) is 109 Å². The first kappa shape index (κ1) is 16.8. The average Bonchev–Trinajstić information content (AvgIpc) is 2.83. The van der Waals surface area contributed by atoms with Crippen molar-refractivity contribution in [2.24, 2.45) is 0 Å². The Morgan fingerprint density at radius 3 is 1.67 bits per heavy atom. The van der Waals surface area contributed by atoms with Gasteiger partial charge in [-0.25, -0.2) is 0 Å². The first-order chi connectivity index (χ1) is 14.8. The van der Waals surface area contributed by atoms with E-state index in [0.29, 0.717) is 5.56 Å². The van der Waals surface area contributed by atoms with Gasteiger partial charge >= 0.3 is 0 Å². The SMILES string of the molecule is N#Cc1ccc(-c2ccc(-c3ccc4ccc5cccc6ccc3c4c56)cc2)cc1. The molecule has 1 heteroatoms. The van der Waals surface area contributed by atoms with Crippen LogP contribution >= 0.6 is 0 Å². The van der Waals surface area contributed by atoms with Crippen LogP contribution in [0.3, 0.4) is 0 Å². The van der Waals surface area contributed by atoms with Gasteiger partial charge in [0, 0.05) is 0 Å². The molecule has 0 aliphatic carbocycles. The van der Waals surface area contributed by atoms with Crippen molar-refractivity contribution in [3.63, 3.8) is 0 Å². The maximum absolute atomic E-state index is 9.00. The molecule has 0 aliphatic rings. The summed E-state index contributed by atoms with van der Waals surface area (Å²) in [6.07, 6.45) is 0. The maximum Gasteiger partial charge on any atom is 0.0991 e. The Labute approximate surface area is 174 Å². The smallest absolute Gasteiger partial charge is 0.0991 e. The molecular formula is C29H17N. The third-order valence-corrected chi connectivity index (χ3v) is 6.07. The van der Waals surface area contributed by atoms with Crippen LogP contribution in [0.25, 0.3) is 54.6 Å². The second-order valence-corrected chi connectivity index (χ2v) is 7.74. The third kappa shape index (κ3) is 2.48. The molecule has 6 aromatic carbocycles. The Hall–Kier alpha value is -4.15. The summed E-state index contributed by atoms with van der Waals surface area (Å²) in [4.78, 5) is 0. The van der Waals surface area contributed by atoms with E-state index in [1.165, 1.54) is 43.4 Å². The summed E-state index contributed by atoms with van der Waals surface area (Å²) in [5, 5.41) is 16.9. The number of nitriles is 1. The van der Waals surface area contributed by atoms with Gasteiger partial charge in [-0.05, 0) is 66.7 Å². The molecule has 0 heterocycles. The van der Waals surface area contributed by atoms with Crippen LogP contribution in [0, 0.1) is 11.3 Å². The van der Waals surface area contributed by atoms with Crippen LogP contribution in [0.4, 0.5) is 0 Å². The number of benzene rings is 6. The second kappa shape index (κ2) is 6.44. The van der Waals surface area contributed by atoms with E-state index in [4.69, 9.17) is 5.26 Å². The summed E-state index contributed by atoms with van der Waals surface area (Å²) in [5.74, 6) is 0. The lowest BCUT2D eigenvalue weighted by atomic mass is 9.89. The molecule has 0 fully saturated rings. The molecule has 30 heavy (non-hydrogen) atoms. The zero-order valence-electron chi connectivity index (χ0n) is 16.3. The van der Waals surface area contributed by atoms with E-state index in [0.717, 1.165) is 11.1 Å². The predicted molar refractivity (Wildman–Crippen MR) is 126 cm³/mol. The third-order valence-electron chi connectivity index (χ3n) is 6.07. The van der Waals surface area contributed by atoms with Gasteiger partial charge in [-0.2, -0.15) is 5.26 Å². The van der Waals surface area contributed by atoms with E-state index < -0.39 is 0 Å². The average molecular weight is 379 g/mol. The van der Waals surface area contributed by atoms with Crippen LogP contribution in [0.5, 0.6) is 0 Å². The molecule has 0 unspecified atom stereocenters. The molecule has 0 aromatic heterocycles. The summed E-state index contributed by atoms with van der Waals surface area (Å²) in [5.41, 5.74) is 5.43. The monoisotopic (exact) mass is 379 g/mol. The molecular weight excluding hydrogens is 362 g/mol. The topological polar surface area (TPSA) is 23.8 Å². The molecule has 0 atom stereocenters. The first-order valence-corrected chi connectivity index (χ1v) is 10.1. The van der Waals surface area contributed by atoms with Crippen LogP contribution in [0.15, 0.2) is 103 Å². The van der Waals surface area contributed by atoms with Gasteiger partial charge in [0.15, 0.2) is 0 Å². The summed E-state index contributed by atoms with van der Waals surface area (Å²) in [6.45, 7) is 0. The lowest BCUT2D eigenvalue weighted by molar-refractivity contribution is 1.48. The van der Waals surface area contributed by atoms with Crippen LogP contribution in [0.2, 0.25) is 0 Å². The summed E-state index contributed by atoms with van der Waals surface area (Å²) in [7, 11) is 0. The predicted octanol–water partition coefficient (Wildman–Crippen LogP) is 7.79. The van der Waals surface area contributed by atoms with Crippen molar-refractivity contribution in [2.45, 2.75) is 0 Å². The molecule has 0 amide bonds. The van der Waals surface area contributed by atoms with Gasteiger partial charge in [0.2, 0.25) is 0 Å². The van der Waals surface area contributed by atoms with E-state index >= 15 is 0 Å². The van der Waals surface area contributed by atoms with E-state index in [-0.39, 0.29) is 0 Å². The van der Waals surface area contributed by atoms with Crippen molar-refractivity contribution < 1.29 is 0 Å². The molecule has 1 nitrogen and oxygen atoms in total. The number of rotatable bonds is 2. The number of hydrogen-bond donors (Lipinski definition) is 0. The molecule has 0 aliphatic heterocycles. The Kier molecular flexibility index (Phi) is 3.60. The fourth-order valence-corrected chi connectivity index (χ4v) is 4.57. The summed E-state index contributed by atoms with van der Waals surface area (Å²) >= 11 is 0. The van der Waals surface area contributed by atoms with Gasteiger partial charge in [-0.3, -0.25) is 0 Å². The molecule has 0 saturated heterocycles. The zero-order chi connectivity index (χ0) is 20.1. The van der Waals surface area contributed by atoms with Crippen LogP contribution in [0.1, 0.15) is 5.56 Å². The van der Waals surface area contributed by atoms with E-state index in [2.05, 4.69) is 84.9 Å². The highest BCUT2D eigenvalue weighted by Crippen LogP contribution is 2.39. The normalized spacial score (nSPS) is 11.3. The number of nitrogens with zero attached hydrogens (tertiary/aromatic N) is 1. The highest BCUT2D eigenvalue weighted by atomic mass is 14.2. The van der Waals surface area contributed by atoms with Gasteiger partial charge in [0.05, 0.1) is 11.6 Å². The minimum Gasteiger partial charge on any atom is -0.192 e. The second-order valence-electron chi connectivity index (χ2n) is 7.74. The summed E-state index contributed by atoms with van der Waals surface area (Å²) in [6, 6.07) is 38.5. The van der Waals surface area contributed by atoms with Gasteiger partial charge in [-0.15, -0.1) is 0 Å². The quantitative estimate of drug-likeness (QED) is 0.282. The van der Waals surface area contributed by atoms with Gasteiger partial charge in [0.25, 0.3) is 0 Å². The molecule has 138 valence electrons. The minimum atomic E-state index is 0.684. The van der Waals surface area contributed by atoms with E-state index in [9.17, 15) is 0 Å². The highest BCUT2D eigenvalue weighted by Gasteiger charge is 2.12. The Morgan fingerprint density at radius 1 is 0.467 bits per heavy atom. The molecule has 0 radical (unpaired) electrons. The van der Waals surface area contributed by atoms with Crippen molar-refractivity contribution in [3.8, 4) is 28.3 Å². The molecule has 0 saturated carbocycles. The molecule has 6 rings (SSSR count). The molecule has 0 spiro atoms. The van der Waals surface area contributed by atoms with Gasteiger partial charge in [0.1, 0.15) is 0 Å². The fraction of sp³-hybridized carbons (Fsp3) is 0. The van der Waals surface area contributed by atoms with Crippen molar-refractivity contribution in [1.82, 2.24) is 0 Å². The molecule has 6 aromatic rings. The van der Waals surface area contributed by atoms with E-state index in [1.54, 1.807) is 0 Å². The minimum absolute atomic E-state index is 0.684. The Morgan fingerprint density at radius 2 is 1.00 bits per heavy atom. The largest absolute Gasteiger partial charge is 0.192 e. The maximum atomic E-state index is 9.00. The lowest BCUT2D eigenvalue weighted by Crippen LogP contribution is -1.87. The van der Waals surface area contributed by atoms with Crippen LogP contribution < -0.4 is 0 Å². The van der Waals surface area contributed by atoms with Crippen LogP contribution in [-0.2, 0) is 0 Å². The zero-order valence-corrected chi connectivity index (χ0v) is 16.3. The Balaban J connectivity index is 1.51. The molecule has 0 N–H and O–H groups in total. The van der Waals surface area contributed by atoms with E-state index in [1.807, 2.05) is 24.3 Å². The first-order valence-electron chi connectivity index (χ1n) is 10.1.